The lowest BCUT2D eigenvalue weighted by Crippen LogP contribution is -2.38. The summed E-state index contributed by atoms with van der Waals surface area (Å²) in [5.41, 5.74) is 3.78. The number of likely N-dealkylation sites (N-methyl/N-ethyl adjacent to an activating group) is 1. The predicted molar refractivity (Wildman–Crippen MR) is 81.8 cm³/mol. The number of rotatable bonds is 7. The quantitative estimate of drug-likeness (QED) is 0.763. The minimum atomic E-state index is 0.117. The molecule has 0 N–H and O–H groups in total. The highest BCUT2D eigenvalue weighted by atomic mass is 16.5. The molecule has 0 aliphatic carbocycles. The Bertz CT molecular complexity index is 444. The van der Waals surface area contributed by atoms with E-state index < -0.39 is 0 Å². The Morgan fingerprint density at radius 3 is 2.55 bits per heavy atom. The standard InChI is InChI=1S/C16H26N2O2/c1-13-6-7-14(2)15(10-13)11-18(8-9-20-5)12-16(19)17(3)4/h6-7,10H,8-9,11-12H2,1-5H3. The zero-order valence-electron chi connectivity index (χ0n) is 13.3. The van der Waals surface area contributed by atoms with Crippen molar-refractivity contribution in [1.29, 1.82) is 0 Å². The lowest BCUT2D eigenvalue weighted by molar-refractivity contribution is -0.130. The van der Waals surface area contributed by atoms with Crippen LogP contribution in [0.5, 0.6) is 0 Å². The fourth-order valence-corrected chi connectivity index (χ4v) is 1.98. The highest BCUT2D eigenvalue weighted by Crippen LogP contribution is 2.13. The molecule has 1 rings (SSSR count). The van der Waals surface area contributed by atoms with Gasteiger partial charge in [0.1, 0.15) is 0 Å². The molecule has 112 valence electrons. The van der Waals surface area contributed by atoms with E-state index in [1.807, 2.05) is 0 Å². The Labute approximate surface area is 122 Å². The number of carbonyl (C=O) groups is 1. The summed E-state index contributed by atoms with van der Waals surface area (Å²) in [6.07, 6.45) is 0. The molecule has 1 aromatic rings. The largest absolute Gasteiger partial charge is 0.383 e. The summed E-state index contributed by atoms with van der Waals surface area (Å²) in [7, 11) is 5.26. The summed E-state index contributed by atoms with van der Waals surface area (Å²) in [6, 6.07) is 6.44. The second-order valence-corrected chi connectivity index (χ2v) is 5.42. The Kier molecular flexibility index (Phi) is 6.68. The van der Waals surface area contributed by atoms with Crippen molar-refractivity contribution in [3.8, 4) is 0 Å². The van der Waals surface area contributed by atoms with E-state index in [0.717, 1.165) is 13.1 Å². The van der Waals surface area contributed by atoms with Crippen LogP contribution in [0, 0.1) is 13.8 Å². The molecule has 0 saturated heterocycles. The minimum absolute atomic E-state index is 0.117. The van der Waals surface area contributed by atoms with Gasteiger partial charge in [-0.3, -0.25) is 9.69 Å². The second kappa shape index (κ2) is 8.02. The van der Waals surface area contributed by atoms with Crippen LogP contribution in [0.3, 0.4) is 0 Å². The Hall–Kier alpha value is -1.39. The summed E-state index contributed by atoms with van der Waals surface area (Å²) in [6.45, 7) is 6.78. The van der Waals surface area contributed by atoms with Gasteiger partial charge in [0.25, 0.3) is 0 Å². The van der Waals surface area contributed by atoms with Crippen molar-refractivity contribution >= 4 is 5.91 Å². The smallest absolute Gasteiger partial charge is 0.236 e. The van der Waals surface area contributed by atoms with Crippen LogP contribution in [0.1, 0.15) is 16.7 Å². The van der Waals surface area contributed by atoms with Crippen molar-refractivity contribution in [2.75, 3.05) is 40.9 Å². The SMILES string of the molecule is COCCN(CC(=O)N(C)C)Cc1cc(C)ccc1C. The van der Waals surface area contributed by atoms with Gasteiger partial charge in [-0.1, -0.05) is 23.8 Å². The number of aryl methyl sites for hydroxylation is 2. The van der Waals surface area contributed by atoms with Gasteiger partial charge in [-0.05, 0) is 25.0 Å². The molecule has 4 heteroatoms. The minimum Gasteiger partial charge on any atom is -0.383 e. The topological polar surface area (TPSA) is 32.8 Å². The molecule has 0 radical (unpaired) electrons. The van der Waals surface area contributed by atoms with E-state index in [9.17, 15) is 4.79 Å². The van der Waals surface area contributed by atoms with E-state index in [1.54, 1.807) is 26.1 Å². The van der Waals surface area contributed by atoms with Gasteiger partial charge < -0.3 is 9.64 Å². The van der Waals surface area contributed by atoms with Crippen LogP contribution in [-0.4, -0.2) is 56.6 Å². The van der Waals surface area contributed by atoms with Crippen molar-refractivity contribution in [2.45, 2.75) is 20.4 Å². The summed E-state index contributed by atoms with van der Waals surface area (Å²) < 4.78 is 5.14. The predicted octanol–water partition coefficient (Wildman–Crippen LogP) is 1.84. The molecule has 4 nitrogen and oxygen atoms in total. The maximum atomic E-state index is 11.9. The van der Waals surface area contributed by atoms with Crippen molar-refractivity contribution in [1.82, 2.24) is 9.80 Å². The first-order chi connectivity index (χ1) is 9.43. The zero-order chi connectivity index (χ0) is 15.1. The van der Waals surface area contributed by atoms with Gasteiger partial charge in [0, 0.05) is 34.3 Å². The molecule has 0 fully saturated rings. The number of nitrogens with zero attached hydrogens (tertiary/aromatic N) is 2. The molecule has 0 atom stereocenters. The van der Waals surface area contributed by atoms with E-state index in [1.165, 1.54) is 16.7 Å². The molecule has 20 heavy (non-hydrogen) atoms. The van der Waals surface area contributed by atoms with Gasteiger partial charge in [-0.15, -0.1) is 0 Å². The normalized spacial score (nSPS) is 10.9. The van der Waals surface area contributed by atoms with Gasteiger partial charge in [0.2, 0.25) is 5.91 Å². The summed E-state index contributed by atoms with van der Waals surface area (Å²) in [5, 5.41) is 0. The van der Waals surface area contributed by atoms with Crippen LogP contribution < -0.4 is 0 Å². The third-order valence-electron chi connectivity index (χ3n) is 3.37. The monoisotopic (exact) mass is 278 g/mol. The maximum absolute atomic E-state index is 11.9. The summed E-state index contributed by atoms with van der Waals surface area (Å²) in [5.74, 6) is 0.117. The fraction of sp³-hybridized carbons (Fsp3) is 0.562. The number of carbonyl (C=O) groups excluding carboxylic acids is 1. The van der Waals surface area contributed by atoms with E-state index in [-0.39, 0.29) is 5.91 Å². The van der Waals surface area contributed by atoms with Crippen LogP contribution in [0.25, 0.3) is 0 Å². The number of ether oxygens (including phenoxy) is 1. The second-order valence-electron chi connectivity index (χ2n) is 5.42. The van der Waals surface area contributed by atoms with E-state index in [0.29, 0.717) is 13.2 Å². The molecule has 0 aliphatic rings. The van der Waals surface area contributed by atoms with Gasteiger partial charge in [-0.25, -0.2) is 0 Å². The average molecular weight is 278 g/mol. The summed E-state index contributed by atoms with van der Waals surface area (Å²) >= 11 is 0. The van der Waals surface area contributed by atoms with Crippen LogP contribution in [0.2, 0.25) is 0 Å². The zero-order valence-corrected chi connectivity index (χ0v) is 13.3. The lowest BCUT2D eigenvalue weighted by Gasteiger charge is -2.24. The molecule has 0 unspecified atom stereocenters. The highest BCUT2D eigenvalue weighted by molar-refractivity contribution is 5.77. The van der Waals surface area contributed by atoms with Gasteiger partial charge >= 0.3 is 0 Å². The summed E-state index contributed by atoms with van der Waals surface area (Å²) in [4.78, 5) is 15.7. The van der Waals surface area contributed by atoms with Gasteiger partial charge in [0.15, 0.2) is 0 Å². The lowest BCUT2D eigenvalue weighted by atomic mass is 10.1. The van der Waals surface area contributed by atoms with Gasteiger partial charge in [-0.2, -0.15) is 0 Å². The molecule has 0 spiro atoms. The maximum Gasteiger partial charge on any atom is 0.236 e. The van der Waals surface area contributed by atoms with Crippen LogP contribution in [-0.2, 0) is 16.1 Å². The molecule has 1 aromatic carbocycles. The van der Waals surface area contributed by atoms with Crippen LogP contribution in [0.4, 0.5) is 0 Å². The molecule has 0 heterocycles. The van der Waals surface area contributed by atoms with E-state index in [2.05, 4.69) is 36.9 Å². The molecular formula is C16H26N2O2. The Morgan fingerprint density at radius 1 is 1.25 bits per heavy atom. The van der Waals surface area contributed by atoms with Crippen molar-refractivity contribution < 1.29 is 9.53 Å². The molecule has 0 aliphatic heterocycles. The number of benzene rings is 1. The van der Waals surface area contributed by atoms with Crippen LogP contribution in [0.15, 0.2) is 18.2 Å². The number of methoxy groups -OCH3 is 1. The van der Waals surface area contributed by atoms with Crippen LogP contribution >= 0.6 is 0 Å². The molecule has 0 aromatic heterocycles. The van der Waals surface area contributed by atoms with Crippen molar-refractivity contribution in [3.05, 3.63) is 34.9 Å². The third-order valence-corrected chi connectivity index (χ3v) is 3.37. The first-order valence-electron chi connectivity index (χ1n) is 6.91. The number of hydrogen-bond donors (Lipinski definition) is 0. The first kappa shape index (κ1) is 16.7. The molecular weight excluding hydrogens is 252 g/mol. The van der Waals surface area contributed by atoms with Crippen molar-refractivity contribution in [3.63, 3.8) is 0 Å². The molecule has 0 bridgehead atoms. The average Bonchev–Trinajstić information content (AvgIpc) is 2.39. The van der Waals surface area contributed by atoms with Crippen molar-refractivity contribution in [2.24, 2.45) is 0 Å². The fourth-order valence-electron chi connectivity index (χ4n) is 1.98. The number of amides is 1. The molecule has 1 amide bonds. The highest BCUT2D eigenvalue weighted by Gasteiger charge is 2.13. The van der Waals surface area contributed by atoms with E-state index >= 15 is 0 Å². The molecule has 0 saturated carbocycles. The first-order valence-corrected chi connectivity index (χ1v) is 6.91. The Morgan fingerprint density at radius 2 is 1.95 bits per heavy atom. The van der Waals surface area contributed by atoms with Gasteiger partial charge in [0.05, 0.1) is 13.2 Å². The third kappa shape index (κ3) is 5.31. The van der Waals surface area contributed by atoms with E-state index in [4.69, 9.17) is 4.74 Å². The Balaban J connectivity index is 2.77. The number of hydrogen-bond acceptors (Lipinski definition) is 3.